The SMILES string of the molecule is CC(=O)OCCN(CCOC(C)=O)c1ccc(N=Nc2cccc([N+](=O)[O-])c2C#N)c(C)c1. The third-order valence-corrected chi connectivity index (χ3v) is 4.47. The van der Waals surface area contributed by atoms with Crippen LogP contribution in [-0.2, 0) is 19.1 Å². The van der Waals surface area contributed by atoms with Gasteiger partial charge in [0.15, 0.2) is 5.56 Å². The highest BCUT2D eigenvalue weighted by Crippen LogP contribution is 2.31. The van der Waals surface area contributed by atoms with Crippen LogP contribution in [0.4, 0.5) is 22.7 Å². The van der Waals surface area contributed by atoms with Crippen molar-refractivity contribution in [3.63, 3.8) is 0 Å². The van der Waals surface area contributed by atoms with Crippen LogP contribution in [0.5, 0.6) is 0 Å². The summed E-state index contributed by atoms with van der Waals surface area (Å²) in [6, 6.07) is 11.3. The Hall–Kier alpha value is -4.33. The molecule has 0 saturated heterocycles. The first-order chi connectivity index (χ1) is 15.7. The average Bonchev–Trinajstić information content (AvgIpc) is 2.76. The van der Waals surface area contributed by atoms with Crippen molar-refractivity contribution in [2.45, 2.75) is 20.8 Å². The fourth-order valence-corrected chi connectivity index (χ4v) is 2.90. The van der Waals surface area contributed by atoms with Gasteiger partial charge in [-0.15, -0.1) is 5.11 Å². The van der Waals surface area contributed by atoms with Crippen molar-refractivity contribution >= 4 is 34.7 Å². The summed E-state index contributed by atoms with van der Waals surface area (Å²) in [5.74, 6) is -0.778. The third kappa shape index (κ3) is 7.39. The molecule has 0 aliphatic carbocycles. The van der Waals surface area contributed by atoms with Gasteiger partial charge in [-0.25, -0.2) is 0 Å². The van der Waals surface area contributed by atoms with E-state index in [0.29, 0.717) is 18.8 Å². The van der Waals surface area contributed by atoms with E-state index in [1.54, 1.807) is 18.2 Å². The van der Waals surface area contributed by atoms with Crippen LogP contribution < -0.4 is 4.90 Å². The quantitative estimate of drug-likeness (QED) is 0.226. The first-order valence-corrected chi connectivity index (χ1v) is 9.94. The summed E-state index contributed by atoms with van der Waals surface area (Å²) < 4.78 is 10.0. The monoisotopic (exact) mass is 453 g/mol. The largest absolute Gasteiger partial charge is 0.464 e. The van der Waals surface area contributed by atoms with Gasteiger partial charge in [0.05, 0.1) is 23.7 Å². The molecule has 11 heteroatoms. The van der Waals surface area contributed by atoms with Crippen LogP contribution in [0.1, 0.15) is 25.0 Å². The van der Waals surface area contributed by atoms with E-state index in [1.165, 1.54) is 32.0 Å². The van der Waals surface area contributed by atoms with Gasteiger partial charge < -0.3 is 14.4 Å². The minimum Gasteiger partial charge on any atom is -0.464 e. The number of carbonyl (C=O) groups excluding carboxylic acids is 2. The van der Waals surface area contributed by atoms with E-state index >= 15 is 0 Å². The van der Waals surface area contributed by atoms with Gasteiger partial charge in [0, 0.05) is 25.6 Å². The molecule has 0 aromatic heterocycles. The zero-order valence-electron chi connectivity index (χ0n) is 18.5. The van der Waals surface area contributed by atoms with E-state index in [-0.39, 0.29) is 42.1 Å². The summed E-state index contributed by atoms with van der Waals surface area (Å²) in [4.78, 5) is 34.5. The first kappa shape index (κ1) is 24.9. The smallest absolute Gasteiger partial charge is 0.302 e. The lowest BCUT2D eigenvalue weighted by molar-refractivity contribution is -0.385. The number of rotatable bonds is 10. The zero-order valence-corrected chi connectivity index (χ0v) is 18.5. The fourth-order valence-electron chi connectivity index (χ4n) is 2.90. The van der Waals surface area contributed by atoms with Gasteiger partial charge >= 0.3 is 11.9 Å². The lowest BCUT2D eigenvalue weighted by atomic mass is 10.1. The number of nitro groups is 1. The van der Waals surface area contributed by atoms with Crippen LogP contribution in [0.3, 0.4) is 0 Å². The van der Waals surface area contributed by atoms with E-state index in [1.807, 2.05) is 17.9 Å². The normalized spacial score (nSPS) is 10.5. The third-order valence-electron chi connectivity index (χ3n) is 4.47. The van der Waals surface area contributed by atoms with Crippen LogP contribution in [0.2, 0.25) is 0 Å². The van der Waals surface area contributed by atoms with Crippen molar-refractivity contribution in [1.29, 1.82) is 5.26 Å². The Bertz CT molecular complexity index is 1090. The molecule has 0 unspecified atom stereocenters. The summed E-state index contributed by atoms with van der Waals surface area (Å²) in [5, 5.41) is 28.6. The van der Waals surface area contributed by atoms with Crippen LogP contribution >= 0.6 is 0 Å². The number of hydrogen-bond acceptors (Lipinski definition) is 10. The van der Waals surface area contributed by atoms with E-state index in [0.717, 1.165) is 11.3 Å². The maximum atomic E-state index is 11.1. The molecule has 2 aromatic rings. The summed E-state index contributed by atoms with van der Waals surface area (Å²) >= 11 is 0. The number of azo groups is 1. The molecule has 0 fully saturated rings. The highest BCUT2D eigenvalue weighted by Gasteiger charge is 2.17. The van der Waals surface area contributed by atoms with Crippen molar-refractivity contribution in [2.75, 3.05) is 31.2 Å². The number of anilines is 1. The molecule has 0 aliphatic heterocycles. The maximum absolute atomic E-state index is 11.1. The van der Waals surface area contributed by atoms with Crippen molar-refractivity contribution < 1.29 is 24.0 Å². The molecule has 0 radical (unpaired) electrons. The second kappa shape index (κ2) is 11.9. The highest BCUT2D eigenvalue weighted by molar-refractivity contribution is 5.66. The van der Waals surface area contributed by atoms with Gasteiger partial charge in [-0.05, 0) is 36.8 Å². The first-order valence-electron chi connectivity index (χ1n) is 9.94. The molecule has 0 heterocycles. The second-order valence-electron chi connectivity index (χ2n) is 6.88. The van der Waals surface area contributed by atoms with Crippen LogP contribution in [0.25, 0.3) is 0 Å². The molecular weight excluding hydrogens is 430 g/mol. The topological polar surface area (TPSA) is 147 Å². The Labute approximate surface area is 190 Å². The van der Waals surface area contributed by atoms with Gasteiger partial charge in [0.2, 0.25) is 0 Å². The molecule has 172 valence electrons. The maximum Gasteiger partial charge on any atom is 0.302 e. The Morgan fingerprint density at radius 2 is 1.67 bits per heavy atom. The number of hydrogen-bond donors (Lipinski definition) is 0. The standard InChI is InChI=1S/C22H23N5O6/c1-15-13-18(26(9-11-32-16(2)28)10-12-33-17(3)29)7-8-20(15)24-25-21-5-4-6-22(27(30)31)19(21)14-23/h4-8,13H,9-12H2,1-3H3. The molecule has 2 rings (SSSR count). The molecule has 11 nitrogen and oxygen atoms in total. The number of aryl methyl sites for hydroxylation is 1. The number of ether oxygens (including phenoxy) is 2. The molecule has 0 N–H and O–H groups in total. The van der Waals surface area contributed by atoms with Crippen LogP contribution in [-0.4, -0.2) is 43.2 Å². The van der Waals surface area contributed by atoms with Gasteiger partial charge in [0.1, 0.15) is 25.0 Å². The lowest BCUT2D eigenvalue weighted by Crippen LogP contribution is -2.31. The second-order valence-corrected chi connectivity index (χ2v) is 6.88. The van der Waals surface area contributed by atoms with Crippen LogP contribution in [0, 0.1) is 28.4 Å². The summed E-state index contributed by atoms with van der Waals surface area (Å²) in [6.45, 7) is 5.57. The van der Waals surface area contributed by atoms with Crippen LogP contribution in [0.15, 0.2) is 46.6 Å². The van der Waals surface area contributed by atoms with Gasteiger partial charge in [-0.2, -0.15) is 10.4 Å². The zero-order chi connectivity index (χ0) is 24.4. The van der Waals surface area contributed by atoms with Gasteiger partial charge in [0.25, 0.3) is 5.69 Å². The molecule has 0 saturated carbocycles. The van der Waals surface area contributed by atoms with Crippen molar-refractivity contribution in [3.05, 3.63) is 57.6 Å². The summed E-state index contributed by atoms with van der Waals surface area (Å²) in [5.41, 5.74) is 1.65. The Morgan fingerprint density at radius 1 is 1.06 bits per heavy atom. The Kier molecular flexibility index (Phi) is 8.99. The van der Waals surface area contributed by atoms with E-state index in [2.05, 4.69) is 10.2 Å². The highest BCUT2D eigenvalue weighted by atomic mass is 16.6. The Balaban J connectivity index is 2.24. The number of nitrogens with zero attached hydrogens (tertiary/aromatic N) is 5. The molecule has 0 spiro atoms. The fraction of sp³-hybridized carbons (Fsp3) is 0.318. The van der Waals surface area contributed by atoms with E-state index in [4.69, 9.17) is 9.47 Å². The number of esters is 2. The molecule has 2 aromatic carbocycles. The van der Waals surface area contributed by atoms with Crippen molar-refractivity contribution in [1.82, 2.24) is 0 Å². The summed E-state index contributed by atoms with van der Waals surface area (Å²) in [7, 11) is 0. The minimum atomic E-state index is -0.641. The number of nitro benzene ring substituents is 1. The number of benzene rings is 2. The van der Waals surface area contributed by atoms with Gasteiger partial charge in [-0.3, -0.25) is 19.7 Å². The minimum absolute atomic E-state index is 0.0968. The molecule has 0 amide bonds. The van der Waals surface area contributed by atoms with E-state index in [9.17, 15) is 25.0 Å². The van der Waals surface area contributed by atoms with Crippen molar-refractivity contribution in [3.8, 4) is 6.07 Å². The lowest BCUT2D eigenvalue weighted by Gasteiger charge is -2.25. The van der Waals surface area contributed by atoms with Crippen molar-refractivity contribution in [2.24, 2.45) is 10.2 Å². The molecular formula is C22H23N5O6. The van der Waals surface area contributed by atoms with Gasteiger partial charge in [-0.1, -0.05) is 6.07 Å². The number of carbonyl (C=O) groups is 2. The predicted octanol–water partition coefficient (Wildman–Crippen LogP) is 4.12. The Morgan fingerprint density at radius 3 is 2.18 bits per heavy atom. The molecule has 0 aliphatic rings. The molecule has 0 atom stereocenters. The predicted molar refractivity (Wildman–Crippen MR) is 119 cm³/mol. The average molecular weight is 453 g/mol. The van der Waals surface area contributed by atoms with E-state index < -0.39 is 4.92 Å². The number of nitriles is 1. The molecule has 0 bridgehead atoms. The molecule has 33 heavy (non-hydrogen) atoms. The summed E-state index contributed by atoms with van der Waals surface area (Å²) in [6.07, 6.45) is 0.